The molecule has 0 aliphatic carbocycles. The third kappa shape index (κ3) is 1.83. The summed E-state index contributed by atoms with van der Waals surface area (Å²) >= 11 is 1.91. The van der Waals surface area contributed by atoms with Crippen molar-refractivity contribution >= 4 is 17.5 Å². The molecule has 1 fully saturated rings. The summed E-state index contributed by atoms with van der Waals surface area (Å²) in [6, 6.07) is 0. The lowest BCUT2D eigenvalue weighted by Crippen LogP contribution is -2.43. The smallest absolute Gasteiger partial charge is 0.164 e. The van der Waals surface area contributed by atoms with Crippen molar-refractivity contribution in [2.45, 2.75) is 31.8 Å². The second-order valence-electron chi connectivity index (χ2n) is 3.09. The Kier molecular flexibility index (Phi) is 3.59. The molecule has 0 N–H and O–H groups in total. The minimum absolute atomic E-state index is 0.269. The normalized spacial score (nSPS) is 22.2. The topological polar surface area (TPSA) is 26.3 Å². The summed E-state index contributed by atoms with van der Waals surface area (Å²) in [5.41, 5.74) is -0.431. The van der Waals surface area contributed by atoms with Crippen LogP contribution < -0.4 is 0 Å². The number of Topliss-reactive ketones (excluding diaryl/α,β-unsaturated/α-hetero) is 1. The molecule has 0 amide bonds. The zero-order valence-corrected chi connectivity index (χ0v) is 8.58. The first-order valence-corrected chi connectivity index (χ1v) is 5.57. The first kappa shape index (κ1) is 10.1. The van der Waals surface area contributed by atoms with Gasteiger partial charge in [-0.2, -0.15) is 11.8 Å². The van der Waals surface area contributed by atoms with Crippen molar-refractivity contribution in [3.05, 3.63) is 0 Å². The summed E-state index contributed by atoms with van der Waals surface area (Å²) in [6.45, 7) is 1.91. The van der Waals surface area contributed by atoms with E-state index < -0.39 is 5.60 Å². The Morgan fingerprint density at radius 2 is 2.08 bits per heavy atom. The number of hydrogen-bond donors (Lipinski definition) is 0. The van der Waals surface area contributed by atoms with Crippen LogP contribution in [-0.2, 0) is 9.53 Å². The fourth-order valence-corrected chi connectivity index (χ4v) is 2.77. The van der Waals surface area contributed by atoms with Crippen molar-refractivity contribution in [1.82, 2.24) is 0 Å². The molecule has 0 aromatic heterocycles. The highest BCUT2D eigenvalue weighted by atomic mass is 32.2. The highest BCUT2D eigenvalue weighted by Gasteiger charge is 2.38. The lowest BCUT2D eigenvalue weighted by atomic mass is 9.90. The van der Waals surface area contributed by atoms with E-state index in [4.69, 9.17) is 4.74 Å². The Balaban J connectivity index is 2.66. The standard InChI is InChI=1S/C9H16O2S/c1-3-8(10)9(11-2)4-6-12-7-5-9/h3-7H2,1-2H3. The van der Waals surface area contributed by atoms with Crippen LogP contribution in [0.3, 0.4) is 0 Å². The summed E-state index contributed by atoms with van der Waals surface area (Å²) in [4.78, 5) is 11.6. The minimum Gasteiger partial charge on any atom is -0.370 e. The van der Waals surface area contributed by atoms with Crippen LogP contribution in [0.25, 0.3) is 0 Å². The van der Waals surface area contributed by atoms with Gasteiger partial charge in [0.25, 0.3) is 0 Å². The molecule has 1 aliphatic heterocycles. The Bertz CT molecular complexity index is 162. The molecule has 0 atom stereocenters. The number of ether oxygens (including phenoxy) is 1. The summed E-state index contributed by atoms with van der Waals surface area (Å²) in [7, 11) is 1.66. The summed E-state index contributed by atoms with van der Waals surface area (Å²) in [5.74, 6) is 2.38. The monoisotopic (exact) mass is 188 g/mol. The zero-order chi connectivity index (χ0) is 9.03. The maximum Gasteiger partial charge on any atom is 0.164 e. The van der Waals surface area contributed by atoms with Gasteiger partial charge < -0.3 is 4.74 Å². The number of rotatable bonds is 3. The van der Waals surface area contributed by atoms with Gasteiger partial charge in [0.15, 0.2) is 5.78 Å². The number of ketones is 1. The van der Waals surface area contributed by atoms with Crippen molar-refractivity contribution in [2.75, 3.05) is 18.6 Å². The van der Waals surface area contributed by atoms with E-state index in [1.165, 1.54) is 0 Å². The number of thioether (sulfide) groups is 1. The molecule has 2 nitrogen and oxygen atoms in total. The molecule has 1 saturated heterocycles. The molecule has 0 bridgehead atoms. The van der Waals surface area contributed by atoms with Gasteiger partial charge in [0.2, 0.25) is 0 Å². The van der Waals surface area contributed by atoms with Crippen LogP contribution in [0.1, 0.15) is 26.2 Å². The van der Waals surface area contributed by atoms with Crippen LogP contribution in [0.2, 0.25) is 0 Å². The molecule has 0 unspecified atom stereocenters. The van der Waals surface area contributed by atoms with Gasteiger partial charge in [0.1, 0.15) is 5.60 Å². The molecule has 3 heteroatoms. The molecule has 0 radical (unpaired) electrons. The van der Waals surface area contributed by atoms with Crippen LogP contribution in [0, 0.1) is 0 Å². The average molecular weight is 188 g/mol. The van der Waals surface area contributed by atoms with Crippen molar-refractivity contribution in [1.29, 1.82) is 0 Å². The third-order valence-corrected chi connectivity index (χ3v) is 3.51. The molecular formula is C9H16O2S. The number of hydrogen-bond acceptors (Lipinski definition) is 3. The fourth-order valence-electron chi connectivity index (χ4n) is 1.62. The summed E-state index contributed by atoms with van der Waals surface area (Å²) in [6.07, 6.45) is 2.38. The van der Waals surface area contributed by atoms with Crippen LogP contribution >= 0.6 is 11.8 Å². The van der Waals surface area contributed by atoms with Gasteiger partial charge in [-0.15, -0.1) is 0 Å². The Hall–Kier alpha value is -0.0200. The molecule has 70 valence electrons. The molecule has 0 spiro atoms. The summed E-state index contributed by atoms with van der Waals surface area (Å²) in [5, 5.41) is 0. The largest absolute Gasteiger partial charge is 0.370 e. The average Bonchev–Trinajstić information content (AvgIpc) is 2.17. The predicted molar refractivity (Wildman–Crippen MR) is 51.6 cm³/mol. The maximum atomic E-state index is 11.6. The lowest BCUT2D eigenvalue weighted by Gasteiger charge is -2.33. The molecule has 1 rings (SSSR count). The highest BCUT2D eigenvalue weighted by molar-refractivity contribution is 7.99. The predicted octanol–water partition coefficient (Wildman–Crippen LogP) is 1.88. The van der Waals surface area contributed by atoms with E-state index in [0.717, 1.165) is 24.3 Å². The van der Waals surface area contributed by atoms with Gasteiger partial charge in [-0.25, -0.2) is 0 Å². The van der Waals surface area contributed by atoms with Gasteiger partial charge in [-0.3, -0.25) is 4.79 Å². The second-order valence-corrected chi connectivity index (χ2v) is 4.31. The molecule has 1 aliphatic rings. The first-order chi connectivity index (χ1) is 5.75. The number of carbonyl (C=O) groups excluding carboxylic acids is 1. The molecule has 0 aromatic rings. The molecule has 0 aromatic carbocycles. The van der Waals surface area contributed by atoms with Gasteiger partial charge in [0.05, 0.1) is 0 Å². The SMILES string of the molecule is CCC(=O)C1(OC)CCSCC1. The van der Waals surface area contributed by atoms with Crippen molar-refractivity contribution in [3.8, 4) is 0 Å². The lowest BCUT2D eigenvalue weighted by molar-refractivity contribution is -0.141. The van der Waals surface area contributed by atoms with E-state index in [-0.39, 0.29) is 5.78 Å². The van der Waals surface area contributed by atoms with E-state index in [1.54, 1.807) is 7.11 Å². The Morgan fingerprint density at radius 1 is 1.50 bits per heavy atom. The quantitative estimate of drug-likeness (QED) is 0.676. The van der Waals surface area contributed by atoms with E-state index in [2.05, 4.69) is 0 Å². The zero-order valence-electron chi connectivity index (χ0n) is 7.76. The van der Waals surface area contributed by atoms with Gasteiger partial charge >= 0.3 is 0 Å². The molecule has 12 heavy (non-hydrogen) atoms. The van der Waals surface area contributed by atoms with Crippen LogP contribution in [-0.4, -0.2) is 30.0 Å². The highest BCUT2D eigenvalue weighted by Crippen LogP contribution is 2.31. The van der Waals surface area contributed by atoms with Crippen molar-refractivity contribution < 1.29 is 9.53 Å². The van der Waals surface area contributed by atoms with Gasteiger partial charge in [-0.05, 0) is 24.3 Å². The van der Waals surface area contributed by atoms with E-state index in [0.29, 0.717) is 6.42 Å². The van der Waals surface area contributed by atoms with Crippen LogP contribution in [0.15, 0.2) is 0 Å². The van der Waals surface area contributed by atoms with Gasteiger partial charge in [0, 0.05) is 13.5 Å². The molecule has 0 saturated carbocycles. The van der Waals surface area contributed by atoms with Crippen LogP contribution in [0.5, 0.6) is 0 Å². The fraction of sp³-hybridized carbons (Fsp3) is 0.889. The first-order valence-electron chi connectivity index (χ1n) is 4.41. The third-order valence-electron chi connectivity index (χ3n) is 2.52. The molecular weight excluding hydrogens is 172 g/mol. The summed E-state index contributed by atoms with van der Waals surface area (Å²) < 4.78 is 5.37. The number of carbonyl (C=O) groups is 1. The Labute approximate surface area is 78.1 Å². The molecule has 1 heterocycles. The van der Waals surface area contributed by atoms with Crippen LogP contribution in [0.4, 0.5) is 0 Å². The van der Waals surface area contributed by atoms with E-state index in [9.17, 15) is 4.79 Å². The maximum absolute atomic E-state index is 11.6. The van der Waals surface area contributed by atoms with Crippen molar-refractivity contribution in [2.24, 2.45) is 0 Å². The van der Waals surface area contributed by atoms with E-state index in [1.807, 2.05) is 18.7 Å². The van der Waals surface area contributed by atoms with Gasteiger partial charge in [-0.1, -0.05) is 6.92 Å². The number of methoxy groups -OCH3 is 1. The minimum atomic E-state index is -0.431. The van der Waals surface area contributed by atoms with Crippen molar-refractivity contribution in [3.63, 3.8) is 0 Å². The second kappa shape index (κ2) is 4.28. The van der Waals surface area contributed by atoms with E-state index >= 15 is 0 Å². The Morgan fingerprint density at radius 3 is 2.50 bits per heavy atom.